The fourth-order valence-electron chi connectivity index (χ4n) is 5.46. The van der Waals surface area contributed by atoms with E-state index >= 15 is 0 Å². The quantitative estimate of drug-likeness (QED) is 0.245. The van der Waals surface area contributed by atoms with Crippen molar-refractivity contribution in [1.29, 1.82) is 0 Å². The molecule has 0 saturated heterocycles. The van der Waals surface area contributed by atoms with Gasteiger partial charge in [0.15, 0.2) is 0 Å². The fourth-order valence-corrected chi connectivity index (χ4v) is 5.46. The molecule has 1 nitrogen and oxygen atoms in total. The van der Waals surface area contributed by atoms with Crippen molar-refractivity contribution in [3.05, 3.63) is 131 Å². The molecule has 0 saturated carbocycles. The lowest BCUT2D eigenvalue weighted by Gasteiger charge is -2.19. The van der Waals surface area contributed by atoms with Crippen LogP contribution in [0.2, 0.25) is 0 Å². The molecule has 37 heavy (non-hydrogen) atoms. The van der Waals surface area contributed by atoms with Crippen molar-refractivity contribution in [1.82, 2.24) is 0 Å². The van der Waals surface area contributed by atoms with Crippen molar-refractivity contribution in [2.45, 2.75) is 27.7 Å². The van der Waals surface area contributed by atoms with Crippen molar-refractivity contribution >= 4 is 21.5 Å². The highest BCUT2D eigenvalue weighted by molar-refractivity contribution is 6.11. The molecular formula is C36H30O. The first-order chi connectivity index (χ1) is 18.0. The van der Waals surface area contributed by atoms with E-state index in [1.54, 1.807) is 0 Å². The van der Waals surface area contributed by atoms with Gasteiger partial charge in [0.05, 0.1) is 0 Å². The molecule has 6 aromatic carbocycles. The van der Waals surface area contributed by atoms with Crippen LogP contribution >= 0.6 is 0 Å². The van der Waals surface area contributed by atoms with Gasteiger partial charge in [-0.3, -0.25) is 0 Å². The summed E-state index contributed by atoms with van der Waals surface area (Å²) < 4.78 is 6.40. The number of ether oxygens (including phenoxy) is 1. The Hall–Kier alpha value is -4.36. The summed E-state index contributed by atoms with van der Waals surface area (Å²) in [6, 6.07) is 39.1. The van der Waals surface area contributed by atoms with Crippen molar-refractivity contribution in [2.75, 3.05) is 0 Å². The minimum absolute atomic E-state index is 0.891. The minimum Gasteiger partial charge on any atom is -0.457 e. The topological polar surface area (TPSA) is 9.23 Å². The van der Waals surface area contributed by atoms with Crippen molar-refractivity contribution in [2.24, 2.45) is 0 Å². The lowest BCUT2D eigenvalue weighted by molar-refractivity contribution is 0.475. The van der Waals surface area contributed by atoms with E-state index in [1.165, 1.54) is 49.4 Å². The standard InChI is InChI=1S/C36H30O/c1-23-11-5-10-16-33(23)37-34-22-28(20-17-24(34)2)32-21-26(4)36(31-15-9-8-14-30(31)32)35-25(3)18-19-27-12-6-7-13-29(27)35/h5-22H,1-4H3. The molecular weight excluding hydrogens is 448 g/mol. The summed E-state index contributed by atoms with van der Waals surface area (Å²) in [6.45, 7) is 8.65. The Bertz CT molecular complexity index is 1790. The summed E-state index contributed by atoms with van der Waals surface area (Å²) in [4.78, 5) is 0. The molecule has 0 spiro atoms. The molecule has 0 unspecified atom stereocenters. The average Bonchev–Trinajstić information content (AvgIpc) is 2.91. The maximum atomic E-state index is 6.40. The van der Waals surface area contributed by atoms with Crippen LogP contribution in [0, 0.1) is 27.7 Å². The summed E-state index contributed by atoms with van der Waals surface area (Å²) in [5.41, 5.74) is 9.85. The molecule has 0 heterocycles. The zero-order valence-electron chi connectivity index (χ0n) is 21.8. The second-order valence-corrected chi connectivity index (χ2v) is 9.99. The zero-order valence-corrected chi connectivity index (χ0v) is 21.8. The third-order valence-corrected chi connectivity index (χ3v) is 7.44. The second-order valence-electron chi connectivity index (χ2n) is 9.99. The number of hydrogen-bond donors (Lipinski definition) is 0. The molecule has 0 aliphatic heterocycles. The largest absolute Gasteiger partial charge is 0.457 e. The van der Waals surface area contributed by atoms with Gasteiger partial charge in [-0.25, -0.2) is 0 Å². The highest BCUT2D eigenvalue weighted by Gasteiger charge is 2.17. The van der Waals surface area contributed by atoms with Crippen LogP contribution in [0.4, 0.5) is 0 Å². The van der Waals surface area contributed by atoms with E-state index < -0.39 is 0 Å². The third-order valence-electron chi connectivity index (χ3n) is 7.44. The van der Waals surface area contributed by atoms with E-state index in [0.717, 1.165) is 28.2 Å². The van der Waals surface area contributed by atoms with Gasteiger partial charge in [-0.1, -0.05) is 97.1 Å². The average molecular weight is 479 g/mol. The zero-order chi connectivity index (χ0) is 25.5. The fraction of sp³-hybridized carbons (Fsp3) is 0.111. The number of fused-ring (bicyclic) bond motifs is 2. The molecule has 0 aliphatic carbocycles. The summed E-state index contributed by atoms with van der Waals surface area (Å²) in [6.07, 6.45) is 0. The SMILES string of the molecule is Cc1ccccc1Oc1cc(-c2cc(C)c(-c3c(C)ccc4ccccc34)c3ccccc23)ccc1C. The molecule has 6 rings (SSSR count). The van der Waals surface area contributed by atoms with Crippen LogP contribution in [0.3, 0.4) is 0 Å². The van der Waals surface area contributed by atoms with Crippen LogP contribution < -0.4 is 4.74 Å². The first kappa shape index (κ1) is 23.1. The molecule has 0 amide bonds. The lowest BCUT2D eigenvalue weighted by atomic mass is 9.85. The van der Waals surface area contributed by atoms with Gasteiger partial charge in [-0.2, -0.15) is 0 Å². The first-order valence-corrected chi connectivity index (χ1v) is 12.9. The number of benzene rings is 6. The normalized spacial score (nSPS) is 11.2. The van der Waals surface area contributed by atoms with Crippen LogP contribution in [0.15, 0.2) is 109 Å². The molecule has 0 fully saturated rings. The molecule has 0 aromatic heterocycles. The Kier molecular flexibility index (Phi) is 5.77. The van der Waals surface area contributed by atoms with Crippen molar-refractivity contribution in [3.63, 3.8) is 0 Å². The van der Waals surface area contributed by atoms with Gasteiger partial charge in [-0.05, 0) is 106 Å². The van der Waals surface area contributed by atoms with Crippen LogP contribution in [-0.2, 0) is 0 Å². The van der Waals surface area contributed by atoms with E-state index in [0.29, 0.717) is 0 Å². The Balaban J connectivity index is 1.56. The lowest BCUT2D eigenvalue weighted by Crippen LogP contribution is -1.95. The maximum Gasteiger partial charge on any atom is 0.130 e. The summed E-state index contributed by atoms with van der Waals surface area (Å²) in [5.74, 6) is 1.79. The van der Waals surface area contributed by atoms with E-state index in [9.17, 15) is 0 Å². The number of para-hydroxylation sites is 1. The number of hydrogen-bond acceptors (Lipinski definition) is 1. The Labute approximate surface area is 219 Å². The summed E-state index contributed by atoms with van der Waals surface area (Å²) >= 11 is 0. The highest BCUT2D eigenvalue weighted by atomic mass is 16.5. The van der Waals surface area contributed by atoms with Crippen molar-refractivity contribution < 1.29 is 4.74 Å². The van der Waals surface area contributed by atoms with Crippen LogP contribution in [-0.4, -0.2) is 0 Å². The van der Waals surface area contributed by atoms with E-state index in [-0.39, 0.29) is 0 Å². The van der Waals surface area contributed by atoms with Gasteiger partial charge in [0, 0.05) is 0 Å². The number of rotatable bonds is 4. The monoisotopic (exact) mass is 478 g/mol. The Morgan fingerprint density at radius 2 is 1.05 bits per heavy atom. The predicted octanol–water partition coefficient (Wildman–Crippen LogP) is 10.4. The van der Waals surface area contributed by atoms with Gasteiger partial charge in [0.2, 0.25) is 0 Å². The molecule has 0 radical (unpaired) electrons. The smallest absolute Gasteiger partial charge is 0.130 e. The van der Waals surface area contributed by atoms with Gasteiger partial charge in [0.25, 0.3) is 0 Å². The van der Waals surface area contributed by atoms with Gasteiger partial charge >= 0.3 is 0 Å². The summed E-state index contributed by atoms with van der Waals surface area (Å²) in [7, 11) is 0. The highest BCUT2D eigenvalue weighted by Crippen LogP contribution is 2.43. The second kappa shape index (κ2) is 9.26. The maximum absolute atomic E-state index is 6.40. The van der Waals surface area contributed by atoms with Crippen molar-refractivity contribution in [3.8, 4) is 33.8 Å². The molecule has 0 atom stereocenters. The van der Waals surface area contributed by atoms with Gasteiger partial charge < -0.3 is 4.74 Å². The molecule has 6 aromatic rings. The molecule has 180 valence electrons. The third kappa shape index (κ3) is 4.07. The summed E-state index contributed by atoms with van der Waals surface area (Å²) in [5, 5.41) is 5.10. The van der Waals surface area contributed by atoms with Gasteiger partial charge in [-0.15, -0.1) is 0 Å². The Morgan fingerprint density at radius 3 is 1.86 bits per heavy atom. The first-order valence-electron chi connectivity index (χ1n) is 12.9. The minimum atomic E-state index is 0.891. The van der Waals surface area contributed by atoms with Crippen LogP contribution in [0.5, 0.6) is 11.5 Å². The van der Waals surface area contributed by atoms with E-state index in [2.05, 4.69) is 119 Å². The molecule has 0 bridgehead atoms. The Morgan fingerprint density at radius 1 is 0.432 bits per heavy atom. The van der Waals surface area contributed by atoms with Crippen LogP contribution in [0.25, 0.3) is 43.8 Å². The van der Waals surface area contributed by atoms with E-state index in [1.807, 2.05) is 18.2 Å². The molecule has 1 heteroatoms. The number of aryl methyl sites for hydroxylation is 4. The van der Waals surface area contributed by atoms with Crippen LogP contribution in [0.1, 0.15) is 22.3 Å². The molecule has 0 N–H and O–H groups in total. The van der Waals surface area contributed by atoms with Gasteiger partial charge in [0.1, 0.15) is 11.5 Å². The predicted molar refractivity (Wildman–Crippen MR) is 158 cm³/mol. The molecule has 0 aliphatic rings. The van der Waals surface area contributed by atoms with E-state index in [4.69, 9.17) is 4.74 Å².